The first-order valence-corrected chi connectivity index (χ1v) is 11.3. The first-order valence-electron chi connectivity index (χ1n) is 10.9. The molecule has 2 N–H and O–H groups in total. The standard InChI is InChI=1S/C23H30ClN3O2/c24-18-8-9-21-20(13-18)16(14-25-21)10-11-27-15-17(12-22(27)28)23(29)26-19-6-4-2-1-3-5-7-19/h8-9,13-14,17,19,25H,1-7,10-12,15H2,(H,26,29)/t17-/m0/s1. The summed E-state index contributed by atoms with van der Waals surface area (Å²) in [6, 6.07) is 6.08. The van der Waals surface area contributed by atoms with Gasteiger partial charge in [0.15, 0.2) is 0 Å². The van der Waals surface area contributed by atoms with Gasteiger partial charge < -0.3 is 15.2 Å². The van der Waals surface area contributed by atoms with Crippen molar-refractivity contribution in [3.05, 3.63) is 35.0 Å². The van der Waals surface area contributed by atoms with Crippen LogP contribution in [0.4, 0.5) is 0 Å². The lowest BCUT2D eigenvalue weighted by Gasteiger charge is -2.23. The van der Waals surface area contributed by atoms with Crippen LogP contribution in [0.3, 0.4) is 0 Å². The first-order chi connectivity index (χ1) is 14.1. The van der Waals surface area contributed by atoms with Crippen LogP contribution in [0.15, 0.2) is 24.4 Å². The molecule has 2 aromatic rings. The number of hydrogen-bond acceptors (Lipinski definition) is 2. The third kappa shape index (κ3) is 4.95. The Bertz CT molecular complexity index is 870. The number of carbonyl (C=O) groups is 2. The molecule has 2 heterocycles. The molecular weight excluding hydrogens is 386 g/mol. The molecule has 0 spiro atoms. The Kier molecular flexibility index (Phi) is 6.43. The molecule has 2 amide bonds. The van der Waals surface area contributed by atoms with Crippen LogP contribution in [-0.2, 0) is 16.0 Å². The van der Waals surface area contributed by atoms with E-state index >= 15 is 0 Å². The number of likely N-dealkylation sites (tertiary alicyclic amines) is 1. The molecule has 5 nitrogen and oxygen atoms in total. The number of aromatic nitrogens is 1. The van der Waals surface area contributed by atoms with Crippen LogP contribution in [0.5, 0.6) is 0 Å². The van der Waals surface area contributed by atoms with E-state index < -0.39 is 0 Å². The van der Waals surface area contributed by atoms with E-state index in [1.54, 1.807) is 0 Å². The van der Waals surface area contributed by atoms with Gasteiger partial charge in [0.25, 0.3) is 0 Å². The third-order valence-corrected chi connectivity index (χ3v) is 6.65. The molecule has 1 aliphatic heterocycles. The monoisotopic (exact) mass is 415 g/mol. The van der Waals surface area contributed by atoms with Crippen LogP contribution in [-0.4, -0.2) is 40.8 Å². The van der Waals surface area contributed by atoms with E-state index in [2.05, 4.69) is 10.3 Å². The molecule has 1 saturated carbocycles. The van der Waals surface area contributed by atoms with E-state index in [0.29, 0.717) is 24.5 Å². The van der Waals surface area contributed by atoms with Gasteiger partial charge >= 0.3 is 0 Å². The molecule has 2 fully saturated rings. The van der Waals surface area contributed by atoms with Crippen molar-refractivity contribution in [2.45, 2.75) is 63.8 Å². The molecule has 1 atom stereocenters. The van der Waals surface area contributed by atoms with Crippen LogP contribution in [0.2, 0.25) is 5.02 Å². The smallest absolute Gasteiger partial charge is 0.225 e. The van der Waals surface area contributed by atoms with Crippen molar-refractivity contribution >= 4 is 34.3 Å². The number of hydrogen-bond donors (Lipinski definition) is 2. The molecule has 0 unspecified atom stereocenters. The molecular formula is C23H30ClN3O2. The molecule has 1 aromatic carbocycles. The maximum Gasteiger partial charge on any atom is 0.225 e. The number of benzene rings is 1. The molecule has 156 valence electrons. The molecule has 1 aromatic heterocycles. The predicted molar refractivity (Wildman–Crippen MR) is 116 cm³/mol. The summed E-state index contributed by atoms with van der Waals surface area (Å²) in [6.07, 6.45) is 11.4. The minimum atomic E-state index is -0.217. The van der Waals surface area contributed by atoms with E-state index in [4.69, 9.17) is 11.6 Å². The summed E-state index contributed by atoms with van der Waals surface area (Å²) in [5, 5.41) is 5.04. The number of nitrogens with one attached hydrogen (secondary N) is 2. The number of amides is 2. The van der Waals surface area contributed by atoms with Gasteiger partial charge in [-0.3, -0.25) is 9.59 Å². The van der Waals surface area contributed by atoms with E-state index in [9.17, 15) is 9.59 Å². The first kappa shape index (κ1) is 20.3. The lowest BCUT2D eigenvalue weighted by molar-refractivity contribution is -0.129. The van der Waals surface area contributed by atoms with Crippen molar-refractivity contribution < 1.29 is 9.59 Å². The van der Waals surface area contributed by atoms with Crippen molar-refractivity contribution in [1.82, 2.24) is 15.2 Å². The summed E-state index contributed by atoms with van der Waals surface area (Å²) in [6.45, 7) is 1.16. The topological polar surface area (TPSA) is 65.2 Å². The fourth-order valence-electron chi connectivity index (χ4n) is 4.70. The molecule has 1 aliphatic carbocycles. The second kappa shape index (κ2) is 9.21. The van der Waals surface area contributed by atoms with Crippen LogP contribution in [0.25, 0.3) is 10.9 Å². The van der Waals surface area contributed by atoms with Gasteiger partial charge in [0, 0.05) is 47.7 Å². The highest BCUT2D eigenvalue weighted by Gasteiger charge is 2.34. The Morgan fingerprint density at radius 1 is 1.17 bits per heavy atom. The predicted octanol–water partition coefficient (Wildman–Crippen LogP) is 4.44. The Morgan fingerprint density at radius 2 is 1.93 bits per heavy atom. The summed E-state index contributed by atoms with van der Waals surface area (Å²) in [5.74, 6) is -0.0728. The number of nitrogens with zero attached hydrogens (tertiary/aromatic N) is 1. The van der Waals surface area contributed by atoms with Crippen molar-refractivity contribution in [3.8, 4) is 0 Å². The number of halogens is 1. The highest BCUT2D eigenvalue weighted by molar-refractivity contribution is 6.31. The number of rotatable bonds is 5. The summed E-state index contributed by atoms with van der Waals surface area (Å²) in [4.78, 5) is 30.3. The number of H-pyrrole nitrogens is 1. The minimum Gasteiger partial charge on any atom is -0.361 e. The number of carbonyl (C=O) groups excluding carboxylic acids is 2. The Balaban J connectivity index is 1.31. The summed E-state index contributed by atoms with van der Waals surface area (Å²) in [5.41, 5.74) is 2.20. The van der Waals surface area contributed by atoms with Gasteiger partial charge in [0.05, 0.1) is 5.92 Å². The van der Waals surface area contributed by atoms with Gasteiger partial charge in [-0.25, -0.2) is 0 Å². The zero-order valence-corrected chi connectivity index (χ0v) is 17.6. The zero-order chi connectivity index (χ0) is 20.2. The average molecular weight is 416 g/mol. The maximum atomic E-state index is 12.7. The Labute approximate surface area is 177 Å². The lowest BCUT2D eigenvalue weighted by Crippen LogP contribution is -2.40. The third-order valence-electron chi connectivity index (χ3n) is 6.42. The second-order valence-electron chi connectivity index (χ2n) is 8.55. The quantitative estimate of drug-likeness (QED) is 0.758. The van der Waals surface area contributed by atoms with Crippen molar-refractivity contribution in [2.75, 3.05) is 13.1 Å². The van der Waals surface area contributed by atoms with Gasteiger partial charge in [-0.15, -0.1) is 0 Å². The van der Waals surface area contributed by atoms with Crippen LogP contribution in [0, 0.1) is 5.92 Å². The molecule has 6 heteroatoms. The highest BCUT2D eigenvalue weighted by Crippen LogP contribution is 2.25. The summed E-state index contributed by atoms with van der Waals surface area (Å²) in [7, 11) is 0. The normalized spacial score (nSPS) is 21.3. The van der Waals surface area contributed by atoms with E-state index in [0.717, 1.165) is 35.7 Å². The van der Waals surface area contributed by atoms with Gasteiger partial charge in [0.2, 0.25) is 11.8 Å². The van der Waals surface area contributed by atoms with E-state index in [1.165, 1.54) is 32.1 Å². The number of fused-ring (bicyclic) bond motifs is 1. The molecule has 4 rings (SSSR count). The fraction of sp³-hybridized carbons (Fsp3) is 0.565. The Hall–Kier alpha value is -2.01. The molecule has 29 heavy (non-hydrogen) atoms. The van der Waals surface area contributed by atoms with Crippen LogP contribution in [0.1, 0.15) is 56.9 Å². The molecule has 2 aliphatic rings. The van der Waals surface area contributed by atoms with E-state index in [-0.39, 0.29) is 23.8 Å². The van der Waals surface area contributed by atoms with Gasteiger partial charge in [0.1, 0.15) is 0 Å². The highest BCUT2D eigenvalue weighted by atomic mass is 35.5. The Morgan fingerprint density at radius 3 is 2.72 bits per heavy atom. The van der Waals surface area contributed by atoms with Crippen molar-refractivity contribution in [2.24, 2.45) is 5.92 Å². The zero-order valence-electron chi connectivity index (χ0n) is 16.9. The van der Waals surface area contributed by atoms with Crippen LogP contribution < -0.4 is 5.32 Å². The summed E-state index contributed by atoms with van der Waals surface area (Å²) >= 11 is 6.13. The van der Waals surface area contributed by atoms with E-state index in [1.807, 2.05) is 29.3 Å². The van der Waals surface area contributed by atoms with Gasteiger partial charge in [-0.1, -0.05) is 43.7 Å². The summed E-state index contributed by atoms with van der Waals surface area (Å²) < 4.78 is 0. The van der Waals surface area contributed by atoms with Crippen molar-refractivity contribution in [1.29, 1.82) is 0 Å². The van der Waals surface area contributed by atoms with Crippen LogP contribution >= 0.6 is 11.6 Å². The SMILES string of the molecule is O=C(NC1CCCCCCC1)[C@H]1CC(=O)N(CCc2c[nH]c3ccc(Cl)cc23)C1. The molecule has 0 radical (unpaired) electrons. The van der Waals surface area contributed by atoms with Crippen molar-refractivity contribution in [3.63, 3.8) is 0 Å². The fourth-order valence-corrected chi connectivity index (χ4v) is 4.87. The average Bonchev–Trinajstić information content (AvgIpc) is 3.25. The molecule has 0 bridgehead atoms. The molecule has 1 saturated heterocycles. The maximum absolute atomic E-state index is 12.7. The van der Waals surface area contributed by atoms with Gasteiger partial charge in [-0.05, 0) is 43.0 Å². The lowest BCUT2D eigenvalue weighted by atomic mass is 9.96. The number of aromatic amines is 1. The van der Waals surface area contributed by atoms with Gasteiger partial charge in [-0.2, -0.15) is 0 Å². The largest absolute Gasteiger partial charge is 0.361 e. The minimum absolute atomic E-state index is 0.0605. The second-order valence-corrected chi connectivity index (χ2v) is 8.98.